The summed E-state index contributed by atoms with van der Waals surface area (Å²) >= 11 is 0. The summed E-state index contributed by atoms with van der Waals surface area (Å²) in [5.74, 6) is 0.414. The van der Waals surface area contributed by atoms with Crippen LogP contribution in [0.15, 0.2) is 36.4 Å². The third-order valence-corrected chi connectivity index (χ3v) is 3.41. The standard InChI is InChI=1S/C16H14O4/c1-9-6-12(18)16-13(19)8-14(20-15(16)7-9)10-2-4-11(17)5-3-10/h2-7,14,17-18H,8H2,1H3/t14-/m1/s1. The van der Waals surface area contributed by atoms with E-state index in [0.717, 1.165) is 11.1 Å². The predicted octanol–water partition coefficient (Wildman–Crippen LogP) is 3.11. The van der Waals surface area contributed by atoms with Crippen LogP contribution in [0.25, 0.3) is 0 Å². The summed E-state index contributed by atoms with van der Waals surface area (Å²) in [7, 11) is 0. The third-order valence-electron chi connectivity index (χ3n) is 3.41. The molecule has 1 atom stereocenters. The number of ether oxygens (including phenoxy) is 1. The second-order valence-electron chi connectivity index (χ2n) is 4.98. The fourth-order valence-corrected chi connectivity index (χ4v) is 2.45. The molecule has 102 valence electrons. The summed E-state index contributed by atoms with van der Waals surface area (Å²) in [6.45, 7) is 1.83. The van der Waals surface area contributed by atoms with Gasteiger partial charge in [-0.1, -0.05) is 12.1 Å². The minimum absolute atomic E-state index is 0.0332. The highest BCUT2D eigenvalue weighted by Crippen LogP contribution is 2.40. The van der Waals surface area contributed by atoms with E-state index in [1.165, 1.54) is 0 Å². The molecule has 4 nitrogen and oxygen atoms in total. The molecule has 0 spiro atoms. The molecule has 1 aliphatic heterocycles. The highest BCUT2D eigenvalue weighted by Gasteiger charge is 2.30. The number of Topliss-reactive ketones (excluding diaryl/α,β-unsaturated/α-hetero) is 1. The number of aromatic hydroxyl groups is 2. The molecule has 20 heavy (non-hydrogen) atoms. The molecule has 0 bridgehead atoms. The zero-order valence-corrected chi connectivity index (χ0v) is 11.0. The number of ketones is 1. The van der Waals surface area contributed by atoms with E-state index in [2.05, 4.69) is 0 Å². The minimum atomic E-state index is -0.392. The smallest absolute Gasteiger partial charge is 0.174 e. The predicted molar refractivity (Wildman–Crippen MR) is 73.3 cm³/mol. The maximum Gasteiger partial charge on any atom is 0.174 e. The van der Waals surface area contributed by atoms with Crippen molar-refractivity contribution in [3.05, 3.63) is 53.1 Å². The molecule has 0 amide bonds. The summed E-state index contributed by atoms with van der Waals surface area (Å²) in [5, 5.41) is 19.2. The highest BCUT2D eigenvalue weighted by molar-refractivity contribution is 6.02. The largest absolute Gasteiger partial charge is 0.508 e. The number of hydrogen-bond acceptors (Lipinski definition) is 4. The van der Waals surface area contributed by atoms with Crippen molar-refractivity contribution in [2.24, 2.45) is 0 Å². The lowest BCUT2D eigenvalue weighted by Gasteiger charge is -2.26. The van der Waals surface area contributed by atoms with Gasteiger partial charge >= 0.3 is 0 Å². The van der Waals surface area contributed by atoms with Crippen LogP contribution < -0.4 is 4.74 Å². The number of phenols is 2. The Morgan fingerprint density at radius 3 is 2.55 bits per heavy atom. The van der Waals surface area contributed by atoms with Gasteiger partial charge in [-0.05, 0) is 42.3 Å². The first-order chi connectivity index (χ1) is 9.54. The molecule has 0 unspecified atom stereocenters. The summed E-state index contributed by atoms with van der Waals surface area (Å²) in [6.07, 6.45) is -0.217. The summed E-state index contributed by atoms with van der Waals surface area (Å²) in [5.41, 5.74) is 1.91. The van der Waals surface area contributed by atoms with E-state index in [-0.39, 0.29) is 29.3 Å². The number of benzene rings is 2. The van der Waals surface area contributed by atoms with Crippen LogP contribution in [0.1, 0.15) is 34.0 Å². The van der Waals surface area contributed by atoms with Crippen LogP contribution in [0, 0.1) is 6.92 Å². The van der Waals surface area contributed by atoms with Gasteiger partial charge in [0.25, 0.3) is 0 Å². The van der Waals surface area contributed by atoms with Crippen molar-refractivity contribution in [2.45, 2.75) is 19.4 Å². The van der Waals surface area contributed by atoms with Crippen LogP contribution in [0.2, 0.25) is 0 Å². The van der Waals surface area contributed by atoms with Crippen molar-refractivity contribution < 1.29 is 19.7 Å². The molecule has 1 aliphatic rings. The van der Waals surface area contributed by atoms with E-state index < -0.39 is 6.10 Å². The molecule has 0 radical (unpaired) electrons. The van der Waals surface area contributed by atoms with Crippen LogP contribution in [-0.2, 0) is 0 Å². The Morgan fingerprint density at radius 2 is 1.85 bits per heavy atom. The molecule has 1 heterocycles. The lowest BCUT2D eigenvalue weighted by Crippen LogP contribution is -2.20. The molecule has 0 saturated carbocycles. The molecule has 3 rings (SSSR count). The van der Waals surface area contributed by atoms with Crippen LogP contribution in [0.5, 0.6) is 17.2 Å². The maximum absolute atomic E-state index is 12.2. The number of hydrogen-bond donors (Lipinski definition) is 2. The van der Waals surface area contributed by atoms with Crippen LogP contribution >= 0.6 is 0 Å². The minimum Gasteiger partial charge on any atom is -0.508 e. The maximum atomic E-state index is 12.2. The molecule has 2 aromatic rings. The number of phenolic OH excluding ortho intramolecular Hbond substituents is 2. The number of fused-ring (bicyclic) bond motifs is 1. The Kier molecular flexibility index (Phi) is 2.86. The summed E-state index contributed by atoms with van der Waals surface area (Å²) in [4.78, 5) is 12.2. The van der Waals surface area contributed by atoms with Crippen molar-refractivity contribution >= 4 is 5.78 Å². The van der Waals surface area contributed by atoms with Crippen molar-refractivity contribution in [1.82, 2.24) is 0 Å². The molecule has 4 heteroatoms. The average Bonchev–Trinajstić information content (AvgIpc) is 2.38. The van der Waals surface area contributed by atoms with Crippen LogP contribution in [0.4, 0.5) is 0 Å². The molecule has 0 saturated heterocycles. The van der Waals surface area contributed by atoms with E-state index >= 15 is 0 Å². The van der Waals surface area contributed by atoms with Gasteiger partial charge in [-0.15, -0.1) is 0 Å². The topological polar surface area (TPSA) is 66.8 Å². The quantitative estimate of drug-likeness (QED) is 0.835. The van der Waals surface area contributed by atoms with Gasteiger partial charge in [0, 0.05) is 0 Å². The Balaban J connectivity index is 2.00. The monoisotopic (exact) mass is 270 g/mol. The lowest BCUT2D eigenvalue weighted by atomic mass is 9.95. The Hall–Kier alpha value is -2.49. The van der Waals surface area contributed by atoms with Gasteiger partial charge in [0.2, 0.25) is 0 Å². The van der Waals surface area contributed by atoms with E-state index in [9.17, 15) is 15.0 Å². The van der Waals surface area contributed by atoms with Crippen molar-refractivity contribution in [1.29, 1.82) is 0 Å². The normalized spacial score (nSPS) is 17.4. The fraction of sp³-hybridized carbons (Fsp3) is 0.188. The van der Waals surface area contributed by atoms with E-state index in [4.69, 9.17) is 4.74 Å². The number of carbonyl (C=O) groups is 1. The van der Waals surface area contributed by atoms with Gasteiger partial charge in [-0.3, -0.25) is 4.79 Å². The van der Waals surface area contributed by atoms with Crippen molar-refractivity contribution in [2.75, 3.05) is 0 Å². The molecular weight excluding hydrogens is 256 g/mol. The van der Waals surface area contributed by atoms with E-state index in [1.54, 1.807) is 36.4 Å². The fourth-order valence-electron chi connectivity index (χ4n) is 2.45. The van der Waals surface area contributed by atoms with Crippen molar-refractivity contribution in [3.8, 4) is 17.2 Å². The van der Waals surface area contributed by atoms with Gasteiger partial charge in [0.1, 0.15) is 28.9 Å². The second-order valence-corrected chi connectivity index (χ2v) is 4.98. The highest BCUT2D eigenvalue weighted by atomic mass is 16.5. The van der Waals surface area contributed by atoms with Gasteiger partial charge in [0.15, 0.2) is 5.78 Å². The Bertz CT molecular complexity index is 674. The van der Waals surface area contributed by atoms with E-state index in [0.29, 0.717) is 5.75 Å². The Morgan fingerprint density at radius 1 is 1.15 bits per heavy atom. The van der Waals surface area contributed by atoms with Gasteiger partial charge < -0.3 is 14.9 Å². The molecule has 2 N–H and O–H groups in total. The molecule has 0 aromatic heterocycles. The molecule has 0 fully saturated rings. The van der Waals surface area contributed by atoms with Crippen LogP contribution in [0.3, 0.4) is 0 Å². The molecule has 2 aromatic carbocycles. The second kappa shape index (κ2) is 4.56. The first-order valence-electron chi connectivity index (χ1n) is 6.37. The third kappa shape index (κ3) is 2.09. The average molecular weight is 270 g/mol. The van der Waals surface area contributed by atoms with Gasteiger partial charge in [-0.2, -0.15) is 0 Å². The zero-order chi connectivity index (χ0) is 14.3. The first kappa shape index (κ1) is 12.5. The molecular formula is C16H14O4. The Labute approximate surface area is 116 Å². The first-order valence-corrected chi connectivity index (χ1v) is 6.37. The summed E-state index contributed by atoms with van der Waals surface area (Å²) < 4.78 is 5.83. The number of carbonyl (C=O) groups excluding carboxylic acids is 1. The number of aryl methyl sites for hydroxylation is 1. The van der Waals surface area contributed by atoms with E-state index in [1.807, 2.05) is 6.92 Å². The number of rotatable bonds is 1. The zero-order valence-electron chi connectivity index (χ0n) is 11.0. The van der Waals surface area contributed by atoms with Gasteiger partial charge in [-0.25, -0.2) is 0 Å². The van der Waals surface area contributed by atoms with Crippen LogP contribution in [-0.4, -0.2) is 16.0 Å². The SMILES string of the molecule is Cc1cc(O)c2c(c1)O[C@@H](c1ccc(O)cc1)CC2=O. The van der Waals surface area contributed by atoms with Gasteiger partial charge in [0.05, 0.1) is 6.42 Å². The summed E-state index contributed by atoms with van der Waals surface area (Å²) in [6, 6.07) is 9.89. The molecule has 0 aliphatic carbocycles. The lowest BCUT2D eigenvalue weighted by molar-refractivity contribution is 0.0845. The van der Waals surface area contributed by atoms with Crippen molar-refractivity contribution in [3.63, 3.8) is 0 Å².